The van der Waals surface area contributed by atoms with Gasteiger partial charge in [-0.2, -0.15) is 0 Å². The molecule has 1 aromatic rings. The molecule has 1 rings (SSSR count). The number of benzene rings is 1. The lowest BCUT2D eigenvalue weighted by atomic mass is 10.1. The number of methoxy groups -OCH3 is 1. The van der Waals surface area contributed by atoms with Crippen molar-refractivity contribution in [3.63, 3.8) is 0 Å². The number of aliphatic hydroxyl groups is 1. The van der Waals surface area contributed by atoms with Crippen LogP contribution in [0.4, 0.5) is 0 Å². The third-order valence-electron chi connectivity index (χ3n) is 1.90. The monoisotopic (exact) mass is 192 g/mol. The minimum Gasteiger partial charge on any atom is -0.504 e. The largest absolute Gasteiger partial charge is 0.504 e. The van der Waals surface area contributed by atoms with Gasteiger partial charge in [-0.15, -0.1) is 12.3 Å². The molecule has 1 atom stereocenters. The number of hydrogen-bond donors (Lipinski definition) is 2. The van der Waals surface area contributed by atoms with Gasteiger partial charge in [0, 0.05) is 6.42 Å². The SMILES string of the molecule is C#CCC(O)c1ccc(O)c(OC)c1. The second kappa shape index (κ2) is 4.54. The molecule has 0 bridgehead atoms. The number of aliphatic hydroxyl groups excluding tert-OH is 1. The first-order chi connectivity index (χ1) is 6.69. The molecule has 74 valence electrons. The number of terminal acetylenes is 1. The van der Waals surface area contributed by atoms with Crippen molar-refractivity contribution in [3.8, 4) is 23.8 Å². The Hall–Kier alpha value is -1.66. The molecular weight excluding hydrogens is 180 g/mol. The lowest BCUT2D eigenvalue weighted by Gasteiger charge is -2.10. The van der Waals surface area contributed by atoms with Crippen LogP contribution in [0.5, 0.6) is 11.5 Å². The first-order valence-corrected chi connectivity index (χ1v) is 4.17. The van der Waals surface area contributed by atoms with Gasteiger partial charge in [0.15, 0.2) is 11.5 Å². The van der Waals surface area contributed by atoms with Crippen LogP contribution in [-0.4, -0.2) is 17.3 Å². The van der Waals surface area contributed by atoms with Gasteiger partial charge >= 0.3 is 0 Å². The Kier molecular flexibility index (Phi) is 3.38. The highest BCUT2D eigenvalue weighted by Gasteiger charge is 2.09. The summed E-state index contributed by atoms with van der Waals surface area (Å²) in [5.74, 6) is 2.74. The van der Waals surface area contributed by atoms with Gasteiger partial charge in [-0.25, -0.2) is 0 Å². The maximum atomic E-state index is 9.55. The van der Waals surface area contributed by atoms with Crippen molar-refractivity contribution in [2.24, 2.45) is 0 Å². The normalized spacial score (nSPS) is 11.8. The van der Waals surface area contributed by atoms with Gasteiger partial charge in [-0.1, -0.05) is 6.07 Å². The van der Waals surface area contributed by atoms with E-state index in [1.54, 1.807) is 12.1 Å². The summed E-state index contributed by atoms with van der Waals surface area (Å²) in [6, 6.07) is 4.64. The molecule has 0 fully saturated rings. The second-order valence-electron chi connectivity index (χ2n) is 2.86. The standard InChI is InChI=1S/C11H12O3/c1-3-4-9(12)8-5-6-10(13)11(7-8)14-2/h1,5-7,9,12-13H,4H2,2H3. The van der Waals surface area contributed by atoms with Crippen LogP contribution in [0, 0.1) is 12.3 Å². The summed E-state index contributed by atoms with van der Waals surface area (Å²) in [4.78, 5) is 0. The Morgan fingerprint density at radius 1 is 1.57 bits per heavy atom. The van der Waals surface area contributed by atoms with Gasteiger partial charge < -0.3 is 14.9 Å². The van der Waals surface area contributed by atoms with Crippen LogP contribution < -0.4 is 4.74 Å². The molecule has 0 heterocycles. The number of rotatable bonds is 3. The molecule has 0 aromatic heterocycles. The summed E-state index contributed by atoms with van der Waals surface area (Å²) in [7, 11) is 1.45. The van der Waals surface area contributed by atoms with Crippen LogP contribution in [0.3, 0.4) is 0 Å². The van der Waals surface area contributed by atoms with Crippen LogP contribution in [0.2, 0.25) is 0 Å². The van der Waals surface area contributed by atoms with E-state index in [2.05, 4.69) is 5.92 Å². The zero-order valence-corrected chi connectivity index (χ0v) is 7.90. The van der Waals surface area contributed by atoms with Crippen LogP contribution >= 0.6 is 0 Å². The molecule has 3 nitrogen and oxygen atoms in total. The van der Waals surface area contributed by atoms with Crippen molar-refractivity contribution in [3.05, 3.63) is 23.8 Å². The quantitative estimate of drug-likeness (QED) is 0.713. The molecule has 0 saturated carbocycles. The van der Waals surface area contributed by atoms with Gasteiger partial charge in [-0.05, 0) is 17.7 Å². The average molecular weight is 192 g/mol. The van der Waals surface area contributed by atoms with Gasteiger partial charge in [0.25, 0.3) is 0 Å². The zero-order valence-electron chi connectivity index (χ0n) is 7.90. The van der Waals surface area contributed by atoms with Crippen LogP contribution in [0.25, 0.3) is 0 Å². The lowest BCUT2D eigenvalue weighted by Crippen LogP contribution is -1.96. The molecule has 0 spiro atoms. The fourth-order valence-electron chi connectivity index (χ4n) is 1.13. The van der Waals surface area contributed by atoms with Gasteiger partial charge in [0.2, 0.25) is 0 Å². The van der Waals surface area contributed by atoms with Gasteiger partial charge in [-0.3, -0.25) is 0 Å². The van der Waals surface area contributed by atoms with E-state index in [4.69, 9.17) is 11.2 Å². The topological polar surface area (TPSA) is 49.7 Å². The number of phenols is 1. The fraction of sp³-hybridized carbons (Fsp3) is 0.273. The summed E-state index contributed by atoms with van der Waals surface area (Å²) in [5, 5.41) is 18.9. The smallest absolute Gasteiger partial charge is 0.160 e. The molecule has 0 aliphatic heterocycles. The molecule has 3 heteroatoms. The van der Waals surface area contributed by atoms with Gasteiger partial charge in [0.05, 0.1) is 13.2 Å². The van der Waals surface area contributed by atoms with E-state index in [0.717, 1.165) is 0 Å². The number of hydrogen-bond acceptors (Lipinski definition) is 3. The Morgan fingerprint density at radius 3 is 2.86 bits per heavy atom. The Bertz CT molecular complexity index is 352. The molecule has 0 saturated heterocycles. The highest BCUT2D eigenvalue weighted by atomic mass is 16.5. The maximum absolute atomic E-state index is 9.55. The fourth-order valence-corrected chi connectivity index (χ4v) is 1.13. The van der Waals surface area contributed by atoms with E-state index in [0.29, 0.717) is 11.3 Å². The highest BCUT2D eigenvalue weighted by Crippen LogP contribution is 2.29. The zero-order chi connectivity index (χ0) is 10.6. The van der Waals surface area contributed by atoms with E-state index in [-0.39, 0.29) is 12.2 Å². The van der Waals surface area contributed by atoms with Crippen molar-refractivity contribution in [2.45, 2.75) is 12.5 Å². The average Bonchev–Trinajstić information content (AvgIpc) is 2.19. The third-order valence-corrected chi connectivity index (χ3v) is 1.90. The van der Waals surface area contributed by atoms with Crippen molar-refractivity contribution < 1.29 is 14.9 Å². The highest BCUT2D eigenvalue weighted by molar-refractivity contribution is 5.42. The number of ether oxygens (including phenoxy) is 1. The van der Waals surface area contributed by atoms with E-state index in [1.807, 2.05) is 0 Å². The van der Waals surface area contributed by atoms with Crippen molar-refractivity contribution in [1.82, 2.24) is 0 Å². The minimum atomic E-state index is -0.713. The van der Waals surface area contributed by atoms with E-state index in [1.165, 1.54) is 13.2 Å². The predicted octanol–water partition coefficient (Wildman–Crippen LogP) is 1.46. The third kappa shape index (κ3) is 2.18. The molecule has 1 unspecified atom stereocenters. The van der Waals surface area contributed by atoms with E-state index >= 15 is 0 Å². The van der Waals surface area contributed by atoms with Crippen molar-refractivity contribution >= 4 is 0 Å². The number of aromatic hydroxyl groups is 1. The van der Waals surface area contributed by atoms with Crippen molar-refractivity contribution in [1.29, 1.82) is 0 Å². The summed E-state index contributed by atoms with van der Waals surface area (Å²) in [6.07, 6.45) is 4.61. The number of phenolic OH excluding ortho intramolecular Hbond substituents is 1. The lowest BCUT2D eigenvalue weighted by molar-refractivity contribution is 0.183. The van der Waals surface area contributed by atoms with E-state index in [9.17, 15) is 10.2 Å². The Labute approximate surface area is 83.0 Å². The van der Waals surface area contributed by atoms with Crippen LogP contribution in [0.15, 0.2) is 18.2 Å². The maximum Gasteiger partial charge on any atom is 0.160 e. The van der Waals surface area contributed by atoms with Crippen LogP contribution in [-0.2, 0) is 0 Å². The molecular formula is C11H12O3. The summed E-state index contributed by atoms with van der Waals surface area (Å²) < 4.78 is 4.90. The molecule has 0 amide bonds. The minimum absolute atomic E-state index is 0.0455. The molecule has 0 aliphatic rings. The Morgan fingerprint density at radius 2 is 2.29 bits per heavy atom. The summed E-state index contributed by atoms with van der Waals surface area (Å²) in [6.45, 7) is 0. The first kappa shape index (κ1) is 10.4. The Balaban J connectivity index is 2.95. The first-order valence-electron chi connectivity index (χ1n) is 4.17. The molecule has 0 radical (unpaired) electrons. The van der Waals surface area contributed by atoms with Crippen LogP contribution in [0.1, 0.15) is 18.1 Å². The second-order valence-corrected chi connectivity index (χ2v) is 2.86. The predicted molar refractivity (Wildman–Crippen MR) is 53.1 cm³/mol. The molecule has 2 N–H and O–H groups in total. The summed E-state index contributed by atoms with van der Waals surface area (Å²) in [5.41, 5.74) is 0.637. The molecule has 1 aromatic carbocycles. The molecule has 0 aliphatic carbocycles. The van der Waals surface area contributed by atoms with Crippen molar-refractivity contribution in [2.75, 3.05) is 7.11 Å². The van der Waals surface area contributed by atoms with Gasteiger partial charge in [0.1, 0.15) is 0 Å². The molecule has 14 heavy (non-hydrogen) atoms. The van der Waals surface area contributed by atoms with E-state index < -0.39 is 6.10 Å². The summed E-state index contributed by atoms with van der Waals surface area (Å²) >= 11 is 0.